The van der Waals surface area contributed by atoms with Gasteiger partial charge in [0.1, 0.15) is 18.2 Å². The number of halogens is 1. The SMILES string of the molecule is CC1Cc2cc(C(=O)NCc3ccc(OCc4cccc(F)c4)cc3)ccc2N1S(C)(=O)=O. The maximum Gasteiger partial charge on any atom is 0.251 e. The minimum absolute atomic E-state index is 0.171. The molecule has 0 spiro atoms. The zero-order valence-corrected chi connectivity index (χ0v) is 19.2. The van der Waals surface area contributed by atoms with E-state index in [0.29, 0.717) is 30.0 Å². The number of hydrogen-bond acceptors (Lipinski definition) is 4. The number of nitrogens with one attached hydrogen (secondary N) is 1. The lowest BCUT2D eigenvalue weighted by atomic mass is 10.1. The first-order valence-electron chi connectivity index (χ1n) is 10.6. The van der Waals surface area contributed by atoms with Crippen molar-refractivity contribution in [2.75, 3.05) is 10.6 Å². The molecule has 3 aromatic carbocycles. The smallest absolute Gasteiger partial charge is 0.251 e. The molecule has 6 nitrogen and oxygen atoms in total. The monoisotopic (exact) mass is 468 g/mol. The Labute approximate surface area is 193 Å². The predicted molar refractivity (Wildman–Crippen MR) is 125 cm³/mol. The van der Waals surface area contributed by atoms with Crippen LogP contribution in [-0.4, -0.2) is 26.6 Å². The molecular weight excluding hydrogens is 443 g/mol. The Morgan fingerprint density at radius 2 is 1.85 bits per heavy atom. The fourth-order valence-electron chi connectivity index (χ4n) is 4.03. The van der Waals surface area contributed by atoms with E-state index in [2.05, 4.69) is 5.32 Å². The van der Waals surface area contributed by atoms with Crippen molar-refractivity contribution in [3.05, 3.63) is 94.8 Å². The van der Waals surface area contributed by atoms with Crippen molar-refractivity contribution in [2.45, 2.75) is 32.5 Å². The van der Waals surface area contributed by atoms with Gasteiger partial charge < -0.3 is 10.1 Å². The van der Waals surface area contributed by atoms with Gasteiger partial charge in [-0.25, -0.2) is 12.8 Å². The number of benzene rings is 3. The van der Waals surface area contributed by atoms with Crippen molar-refractivity contribution in [3.63, 3.8) is 0 Å². The molecule has 1 unspecified atom stereocenters. The first-order chi connectivity index (χ1) is 15.7. The molecule has 1 aliphatic heterocycles. The van der Waals surface area contributed by atoms with E-state index in [1.165, 1.54) is 22.7 Å². The van der Waals surface area contributed by atoms with Gasteiger partial charge in [-0.05, 0) is 72.5 Å². The number of carbonyl (C=O) groups excluding carboxylic acids is 1. The maximum absolute atomic E-state index is 13.2. The van der Waals surface area contributed by atoms with E-state index in [4.69, 9.17) is 4.74 Å². The molecule has 0 aromatic heterocycles. The average Bonchev–Trinajstić information content (AvgIpc) is 3.12. The second-order valence-corrected chi connectivity index (χ2v) is 10.1. The number of nitrogens with zero attached hydrogens (tertiary/aromatic N) is 1. The summed E-state index contributed by atoms with van der Waals surface area (Å²) in [6.07, 6.45) is 1.76. The van der Waals surface area contributed by atoms with Crippen LogP contribution in [0.1, 0.15) is 34.0 Å². The third-order valence-electron chi connectivity index (χ3n) is 5.52. The molecule has 0 saturated heterocycles. The Kier molecular flexibility index (Phi) is 6.37. The fourth-order valence-corrected chi connectivity index (χ4v) is 5.29. The van der Waals surface area contributed by atoms with Crippen molar-refractivity contribution in [2.24, 2.45) is 0 Å². The minimum atomic E-state index is -3.36. The molecule has 0 aliphatic carbocycles. The summed E-state index contributed by atoms with van der Waals surface area (Å²) in [7, 11) is -3.36. The molecule has 1 N–H and O–H groups in total. The van der Waals surface area contributed by atoms with Gasteiger partial charge in [0.15, 0.2) is 0 Å². The molecule has 1 amide bonds. The number of hydrogen-bond donors (Lipinski definition) is 1. The highest BCUT2D eigenvalue weighted by molar-refractivity contribution is 7.92. The molecule has 0 fully saturated rings. The third-order valence-corrected chi connectivity index (χ3v) is 6.79. The zero-order valence-electron chi connectivity index (χ0n) is 18.4. The lowest BCUT2D eigenvalue weighted by Crippen LogP contribution is -2.34. The van der Waals surface area contributed by atoms with Crippen molar-refractivity contribution in [1.82, 2.24) is 5.32 Å². The van der Waals surface area contributed by atoms with Crippen molar-refractivity contribution in [1.29, 1.82) is 0 Å². The van der Waals surface area contributed by atoms with Crippen molar-refractivity contribution in [3.8, 4) is 5.75 Å². The van der Waals surface area contributed by atoms with Crippen LogP contribution < -0.4 is 14.4 Å². The predicted octanol–water partition coefficient (Wildman–Crippen LogP) is 4.05. The second-order valence-electron chi connectivity index (χ2n) is 8.20. The van der Waals surface area contributed by atoms with Gasteiger partial charge in [-0.15, -0.1) is 0 Å². The van der Waals surface area contributed by atoms with Crippen LogP contribution in [0.2, 0.25) is 0 Å². The first-order valence-corrected chi connectivity index (χ1v) is 12.4. The number of rotatable bonds is 7. The van der Waals surface area contributed by atoms with E-state index in [1.807, 2.05) is 19.1 Å². The van der Waals surface area contributed by atoms with Gasteiger partial charge in [-0.2, -0.15) is 0 Å². The summed E-state index contributed by atoms with van der Waals surface area (Å²) in [5, 5.41) is 2.89. The minimum Gasteiger partial charge on any atom is -0.489 e. The van der Waals surface area contributed by atoms with Gasteiger partial charge in [0, 0.05) is 18.2 Å². The summed E-state index contributed by atoms with van der Waals surface area (Å²) in [5.74, 6) is 0.125. The molecular formula is C25H25FN2O4S. The number of carbonyl (C=O) groups is 1. The molecule has 0 saturated carbocycles. The third kappa shape index (κ3) is 5.34. The van der Waals surface area contributed by atoms with Crippen LogP contribution in [0.25, 0.3) is 0 Å². The molecule has 172 valence electrons. The fraction of sp³-hybridized carbons (Fsp3) is 0.240. The number of ether oxygens (including phenoxy) is 1. The van der Waals surface area contributed by atoms with Gasteiger partial charge in [0.05, 0.1) is 11.9 Å². The first kappa shape index (κ1) is 22.8. The van der Waals surface area contributed by atoms with E-state index in [9.17, 15) is 17.6 Å². The molecule has 3 aromatic rings. The highest BCUT2D eigenvalue weighted by atomic mass is 32.2. The Morgan fingerprint density at radius 3 is 2.55 bits per heavy atom. The number of anilines is 1. The summed E-state index contributed by atoms with van der Waals surface area (Å²) in [6, 6.07) is 18.5. The van der Waals surface area contributed by atoms with Gasteiger partial charge in [0.25, 0.3) is 5.91 Å². The standard InChI is InChI=1S/C25H25FN2O4S/c1-17-12-21-14-20(8-11-24(21)28(17)33(2,30)31)25(29)27-15-18-6-9-23(10-7-18)32-16-19-4-3-5-22(26)13-19/h3-11,13-14,17H,12,15-16H2,1-2H3,(H,27,29). The van der Waals surface area contributed by atoms with E-state index in [0.717, 1.165) is 16.7 Å². The highest BCUT2D eigenvalue weighted by Crippen LogP contribution is 2.34. The molecule has 1 heterocycles. The molecule has 8 heteroatoms. The topological polar surface area (TPSA) is 75.7 Å². The second kappa shape index (κ2) is 9.23. The lowest BCUT2D eigenvalue weighted by molar-refractivity contribution is 0.0951. The summed E-state index contributed by atoms with van der Waals surface area (Å²) >= 11 is 0. The summed E-state index contributed by atoms with van der Waals surface area (Å²) in [6.45, 7) is 2.46. The molecule has 0 radical (unpaired) electrons. The van der Waals surface area contributed by atoms with E-state index >= 15 is 0 Å². The Morgan fingerprint density at radius 1 is 1.09 bits per heavy atom. The van der Waals surface area contributed by atoms with Crippen LogP contribution in [0.15, 0.2) is 66.7 Å². The molecule has 1 aliphatic rings. The van der Waals surface area contributed by atoms with Gasteiger partial charge in [0.2, 0.25) is 10.0 Å². The lowest BCUT2D eigenvalue weighted by Gasteiger charge is -2.21. The van der Waals surface area contributed by atoms with E-state index in [1.54, 1.807) is 42.5 Å². The number of fused-ring (bicyclic) bond motifs is 1. The maximum atomic E-state index is 13.2. The summed E-state index contributed by atoms with van der Waals surface area (Å²) < 4.78 is 44.4. The average molecular weight is 469 g/mol. The molecule has 33 heavy (non-hydrogen) atoms. The van der Waals surface area contributed by atoms with Crippen LogP contribution in [0.4, 0.5) is 10.1 Å². The van der Waals surface area contributed by atoms with Gasteiger partial charge in [-0.1, -0.05) is 24.3 Å². The van der Waals surface area contributed by atoms with Crippen LogP contribution in [0.5, 0.6) is 5.75 Å². The Balaban J connectivity index is 1.34. The van der Waals surface area contributed by atoms with Crippen molar-refractivity contribution < 1.29 is 22.3 Å². The molecule has 1 atom stereocenters. The van der Waals surface area contributed by atoms with Crippen molar-refractivity contribution >= 4 is 21.6 Å². The summed E-state index contributed by atoms with van der Waals surface area (Å²) in [5.41, 5.74) is 3.62. The van der Waals surface area contributed by atoms with E-state index in [-0.39, 0.29) is 24.4 Å². The highest BCUT2D eigenvalue weighted by Gasteiger charge is 2.32. The Bertz CT molecular complexity index is 1280. The number of amides is 1. The largest absolute Gasteiger partial charge is 0.489 e. The van der Waals surface area contributed by atoms with Crippen LogP contribution >= 0.6 is 0 Å². The number of sulfonamides is 1. The van der Waals surface area contributed by atoms with E-state index < -0.39 is 10.0 Å². The van der Waals surface area contributed by atoms with Crippen LogP contribution in [0, 0.1) is 5.82 Å². The Hall–Kier alpha value is -3.39. The zero-order chi connectivity index (χ0) is 23.6. The summed E-state index contributed by atoms with van der Waals surface area (Å²) in [4.78, 5) is 12.6. The quantitative estimate of drug-likeness (QED) is 0.568. The normalized spacial score (nSPS) is 15.2. The van der Waals surface area contributed by atoms with Gasteiger partial charge in [-0.3, -0.25) is 9.10 Å². The molecule has 4 rings (SSSR count). The van der Waals surface area contributed by atoms with Gasteiger partial charge >= 0.3 is 0 Å². The molecule has 0 bridgehead atoms. The van der Waals surface area contributed by atoms with Crippen LogP contribution in [0.3, 0.4) is 0 Å². The van der Waals surface area contributed by atoms with Crippen LogP contribution in [-0.2, 0) is 29.6 Å².